The van der Waals surface area contributed by atoms with Crippen molar-refractivity contribution in [2.75, 3.05) is 0 Å². The van der Waals surface area contributed by atoms with Crippen molar-refractivity contribution in [1.29, 1.82) is 0 Å². The fraction of sp³-hybridized carbons (Fsp3) is 0.133. The summed E-state index contributed by atoms with van der Waals surface area (Å²) in [5.41, 5.74) is 1.89. The second-order valence-electron chi connectivity index (χ2n) is 4.58. The van der Waals surface area contributed by atoms with Crippen LogP contribution in [0.1, 0.15) is 11.1 Å². The van der Waals surface area contributed by atoms with E-state index in [2.05, 4.69) is 21.0 Å². The molecule has 0 saturated carbocycles. The van der Waals surface area contributed by atoms with Gasteiger partial charge in [-0.3, -0.25) is 0 Å². The van der Waals surface area contributed by atoms with Gasteiger partial charge in [-0.25, -0.2) is 4.68 Å². The molecule has 0 unspecified atom stereocenters. The molecule has 1 heterocycles. The molecule has 0 amide bonds. The largest absolute Gasteiger partial charge is 0.416 e. The maximum Gasteiger partial charge on any atom is 0.416 e. The fourth-order valence-electron chi connectivity index (χ4n) is 2.22. The van der Waals surface area contributed by atoms with Gasteiger partial charge in [0.25, 0.3) is 0 Å². The molecule has 0 bridgehead atoms. The average Bonchev–Trinajstić information content (AvgIpc) is 2.90. The Morgan fingerprint density at radius 1 is 1.05 bits per heavy atom. The average molecular weight is 355 g/mol. The van der Waals surface area contributed by atoms with Crippen LogP contribution in [0.2, 0.25) is 0 Å². The van der Waals surface area contributed by atoms with Crippen molar-refractivity contribution in [3.05, 3.63) is 59.8 Å². The predicted octanol–water partition coefficient (Wildman–Crippen LogP) is 4.94. The highest BCUT2D eigenvalue weighted by Gasteiger charge is 2.30. The van der Waals surface area contributed by atoms with Crippen LogP contribution in [-0.2, 0) is 11.5 Å². The molecule has 0 saturated heterocycles. The minimum atomic E-state index is -4.33. The summed E-state index contributed by atoms with van der Waals surface area (Å²) in [4.78, 5) is 0. The van der Waals surface area contributed by atoms with Crippen molar-refractivity contribution < 1.29 is 13.2 Å². The Morgan fingerprint density at radius 3 is 2.38 bits per heavy atom. The van der Waals surface area contributed by atoms with Gasteiger partial charge in [-0.1, -0.05) is 28.1 Å². The Kier molecular flexibility index (Phi) is 3.49. The number of rotatable bonds is 2. The minimum absolute atomic E-state index is 0.602. The molecule has 0 spiro atoms. The first kappa shape index (κ1) is 14.1. The van der Waals surface area contributed by atoms with Gasteiger partial charge in [-0.05, 0) is 35.9 Å². The van der Waals surface area contributed by atoms with Crippen LogP contribution in [-0.4, -0.2) is 9.78 Å². The highest BCUT2D eigenvalue weighted by Crippen LogP contribution is 2.30. The SMILES string of the molecule is FC(F)(F)c1ccc(-n2ncc3c(CBr)cccc32)cc1. The maximum absolute atomic E-state index is 12.6. The number of nitrogens with zero attached hydrogens (tertiary/aromatic N) is 2. The lowest BCUT2D eigenvalue weighted by Crippen LogP contribution is -2.05. The summed E-state index contributed by atoms with van der Waals surface area (Å²) in [6.45, 7) is 0. The van der Waals surface area contributed by atoms with Crippen molar-refractivity contribution in [2.24, 2.45) is 0 Å². The van der Waals surface area contributed by atoms with E-state index in [1.807, 2.05) is 18.2 Å². The fourth-order valence-corrected chi connectivity index (χ4v) is 2.71. The first-order valence-electron chi connectivity index (χ1n) is 6.20. The summed E-state index contributed by atoms with van der Waals surface area (Å²) in [5, 5.41) is 5.96. The van der Waals surface area contributed by atoms with E-state index in [0.717, 1.165) is 28.6 Å². The molecule has 0 fully saturated rings. The standard InChI is InChI=1S/C15H10BrF3N2/c16-8-10-2-1-3-14-13(10)9-20-21(14)12-6-4-11(5-7-12)15(17,18)19/h1-7,9H,8H2. The summed E-state index contributed by atoms with van der Waals surface area (Å²) >= 11 is 3.41. The van der Waals surface area contributed by atoms with E-state index in [0.29, 0.717) is 11.0 Å². The van der Waals surface area contributed by atoms with E-state index in [1.165, 1.54) is 12.1 Å². The number of halogens is 4. The third kappa shape index (κ3) is 2.55. The van der Waals surface area contributed by atoms with Crippen LogP contribution in [0.25, 0.3) is 16.6 Å². The zero-order valence-corrected chi connectivity index (χ0v) is 12.3. The van der Waals surface area contributed by atoms with Crippen LogP contribution in [0.4, 0.5) is 13.2 Å². The Bertz CT molecular complexity index is 776. The lowest BCUT2D eigenvalue weighted by atomic mass is 10.1. The number of hydrogen-bond donors (Lipinski definition) is 0. The topological polar surface area (TPSA) is 17.8 Å². The van der Waals surface area contributed by atoms with Crippen LogP contribution in [0.5, 0.6) is 0 Å². The molecule has 0 atom stereocenters. The van der Waals surface area contributed by atoms with Gasteiger partial charge in [0.1, 0.15) is 0 Å². The van der Waals surface area contributed by atoms with Crippen LogP contribution < -0.4 is 0 Å². The van der Waals surface area contributed by atoms with Crippen molar-refractivity contribution >= 4 is 26.8 Å². The third-order valence-electron chi connectivity index (χ3n) is 3.29. The second kappa shape index (κ2) is 5.18. The van der Waals surface area contributed by atoms with E-state index < -0.39 is 11.7 Å². The van der Waals surface area contributed by atoms with E-state index in [4.69, 9.17) is 0 Å². The number of fused-ring (bicyclic) bond motifs is 1. The predicted molar refractivity (Wildman–Crippen MR) is 78.7 cm³/mol. The van der Waals surface area contributed by atoms with Gasteiger partial charge in [0.15, 0.2) is 0 Å². The van der Waals surface area contributed by atoms with E-state index >= 15 is 0 Å². The van der Waals surface area contributed by atoms with Crippen LogP contribution in [0.15, 0.2) is 48.7 Å². The first-order valence-corrected chi connectivity index (χ1v) is 7.32. The van der Waals surface area contributed by atoms with E-state index in [1.54, 1.807) is 10.9 Å². The molecular weight excluding hydrogens is 345 g/mol. The van der Waals surface area contributed by atoms with Gasteiger partial charge < -0.3 is 0 Å². The van der Waals surface area contributed by atoms with Gasteiger partial charge in [0, 0.05) is 10.7 Å². The first-order chi connectivity index (χ1) is 10.0. The molecule has 2 nitrogen and oxygen atoms in total. The van der Waals surface area contributed by atoms with Gasteiger partial charge in [-0.2, -0.15) is 18.3 Å². The smallest absolute Gasteiger partial charge is 0.233 e. The second-order valence-corrected chi connectivity index (χ2v) is 5.15. The van der Waals surface area contributed by atoms with E-state index in [-0.39, 0.29) is 0 Å². The molecule has 0 aliphatic carbocycles. The van der Waals surface area contributed by atoms with Crippen molar-refractivity contribution in [3.8, 4) is 5.69 Å². The van der Waals surface area contributed by atoms with Gasteiger partial charge in [0.2, 0.25) is 0 Å². The zero-order chi connectivity index (χ0) is 15.0. The Balaban J connectivity index is 2.09. The van der Waals surface area contributed by atoms with Gasteiger partial charge in [0.05, 0.1) is 23.0 Å². The van der Waals surface area contributed by atoms with Gasteiger partial charge >= 0.3 is 6.18 Å². The summed E-state index contributed by atoms with van der Waals surface area (Å²) in [5.74, 6) is 0. The van der Waals surface area contributed by atoms with Crippen LogP contribution in [0, 0.1) is 0 Å². The highest BCUT2D eigenvalue weighted by molar-refractivity contribution is 9.08. The van der Waals surface area contributed by atoms with Crippen molar-refractivity contribution in [1.82, 2.24) is 9.78 Å². The monoisotopic (exact) mass is 354 g/mol. The molecule has 0 aliphatic heterocycles. The highest BCUT2D eigenvalue weighted by atomic mass is 79.9. The van der Waals surface area contributed by atoms with Crippen molar-refractivity contribution in [3.63, 3.8) is 0 Å². The Morgan fingerprint density at radius 2 is 1.76 bits per heavy atom. The summed E-state index contributed by atoms with van der Waals surface area (Å²) in [7, 11) is 0. The maximum atomic E-state index is 12.6. The normalized spacial score (nSPS) is 12.0. The molecule has 0 N–H and O–H groups in total. The number of benzene rings is 2. The molecule has 3 aromatic rings. The molecule has 6 heteroatoms. The lowest BCUT2D eigenvalue weighted by Gasteiger charge is -2.08. The Hall–Kier alpha value is -1.82. The Labute approximate surface area is 127 Å². The zero-order valence-electron chi connectivity index (χ0n) is 10.7. The molecule has 0 aliphatic rings. The minimum Gasteiger partial charge on any atom is -0.233 e. The van der Waals surface area contributed by atoms with Gasteiger partial charge in [-0.15, -0.1) is 0 Å². The molecule has 1 aromatic heterocycles. The quantitative estimate of drug-likeness (QED) is 0.596. The molecular formula is C15H10BrF3N2. The summed E-state index contributed by atoms with van der Waals surface area (Å²) < 4.78 is 39.4. The number of hydrogen-bond acceptors (Lipinski definition) is 1. The molecule has 21 heavy (non-hydrogen) atoms. The van der Waals surface area contributed by atoms with E-state index in [9.17, 15) is 13.2 Å². The lowest BCUT2D eigenvalue weighted by molar-refractivity contribution is -0.137. The van der Waals surface area contributed by atoms with Crippen LogP contribution >= 0.6 is 15.9 Å². The molecule has 2 aromatic carbocycles. The van der Waals surface area contributed by atoms with Crippen molar-refractivity contribution in [2.45, 2.75) is 11.5 Å². The summed E-state index contributed by atoms with van der Waals surface area (Å²) in [6, 6.07) is 10.8. The molecule has 3 rings (SSSR count). The molecule has 108 valence electrons. The number of aromatic nitrogens is 2. The molecule has 0 radical (unpaired) electrons. The van der Waals surface area contributed by atoms with Crippen LogP contribution in [0.3, 0.4) is 0 Å². The summed E-state index contributed by atoms with van der Waals surface area (Å²) in [6.07, 6.45) is -2.60. The third-order valence-corrected chi connectivity index (χ3v) is 3.89. The number of alkyl halides is 4.